The van der Waals surface area contributed by atoms with E-state index in [4.69, 9.17) is 11.6 Å². The van der Waals surface area contributed by atoms with Crippen LogP contribution >= 0.6 is 27.5 Å². The lowest BCUT2D eigenvalue weighted by molar-refractivity contribution is 0.0980. The number of sulfone groups is 1. The number of hydrogen-bond acceptors (Lipinski definition) is 3. The fraction of sp³-hybridized carbons (Fsp3) is 0.136. The van der Waals surface area contributed by atoms with Gasteiger partial charge in [-0.3, -0.25) is 4.79 Å². The fourth-order valence-corrected chi connectivity index (χ4v) is 5.02. The molecule has 3 rings (SSSR count). The number of hydrogen-bond donors (Lipinski definition) is 0. The van der Waals surface area contributed by atoms with Crippen molar-refractivity contribution in [1.29, 1.82) is 0 Å². The number of halogens is 2. The standard InChI is InChI=1S/C22H18BrClO3S/c1-15-2-12-20(13-3-15)28(26,27)22(17-4-8-18(23)9-5-17)14-21(25)16-6-10-19(24)11-7-16/h2-13,22H,14H2,1H3/t22-/m0/s1. The highest BCUT2D eigenvalue weighted by molar-refractivity contribution is 9.10. The number of Topliss-reactive ketones (excluding diaryl/α,β-unsaturated/α-hetero) is 1. The van der Waals surface area contributed by atoms with Crippen molar-refractivity contribution in [2.24, 2.45) is 0 Å². The Labute approximate surface area is 178 Å². The Morgan fingerprint density at radius 2 is 1.50 bits per heavy atom. The van der Waals surface area contributed by atoms with Crippen LogP contribution in [0.5, 0.6) is 0 Å². The van der Waals surface area contributed by atoms with Crippen molar-refractivity contribution in [3.05, 3.63) is 99.0 Å². The maximum Gasteiger partial charge on any atom is 0.185 e. The number of carbonyl (C=O) groups excluding carboxylic acids is 1. The van der Waals surface area contributed by atoms with Crippen LogP contribution in [0.25, 0.3) is 0 Å². The van der Waals surface area contributed by atoms with Gasteiger partial charge >= 0.3 is 0 Å². The van der Waals surface area contributed by atoms with Gasteiger partial charge in [0.25, 0.3) is 0 Å². The number of aryl methyl sites for hydroxylation is 1. The molecule has 0 radical (unpaired) electrons. The van der Waals surface area contributed by atoms with Crippen LogP contribution in [0.3, 0.4) is 0 Å². The predicted octanol–water partition coefficient (Wildman–Crippen LogP) is 6.20. The average Bonchev–Trinajstić information content (AvgIpc) is 2.67. The smallest absolute Gasteiger partial charge is 0.185 e. The van der Waals surface area contributed by atoms with Crippen LogP contribution < -0.4 is 0 Å². The van der Waals surface area contributed by atoms with Crippen LogP contribution in [0.15, 0.2) is 82.2 Å². The third kappa shape index (κ3) is 4.72. The summed E-state index contributed by atoms with van der Waals surface area (Å²) in [7, 11) is -3.76. The van der Waals surface area contributed by atoms with Crippen molar-refractivity contribution < 1.29 is 13.2 Å². The second kappa shape index (κ2) is 8.60. The summed E-state index contributed by atoms with van der Waals surface area (Å²) in [6.07, 6.45) is -0.153. The molecule has 144 valence electrons. The summed E-state index contributed by atoms with van der Waals surface area (Å²) >= 11 is 9.25. The second-order valence-electron chi connectivity index (χ2n) is 6.53. The first-order chi connectivity index (χ1) is 13.3. The Balaban J connectivity index is 2.02. The summed E-state index contributed by atoms with van der Waals surface area (Å²) < 4.78 is 27.6. The normalized spacial score (nSPS) is 12.5. The highest BCUT2D eigenvalue weighted by Crippen LogP contribution is 2.34. The molecule has 0 aromatic heterocycles. The Kier molecular flexibility index (Phi) is 6.38. The summed E-state index contributed by atoms with van der Waals surface area (Å²) in [5.74, 6) is -0.250. The molecule has 0 N–H and O–H groups in total. The predicted molar refractivity (Wildman–Crippen MR) is 116 cm³/mol. The lowest BCUT2D eigenvalue weighted by Crippen LogP contribution is -2.18. The molecule has 0 aliphatic carbocycles. The molecule has 0 amide bonds. The van der Waals surface area contributed by atoms with Gasteiger partial charge in [0.15, 0.2) is 15.6 Å². The molecular weight excluding hydrogens is 460 g/mol. The van der Waals surface area contributed by atoms with Gasteiger partial charge in [-0.15, -0.1) is 0 Å². The van der Waals surface area contributed by atoms with E-state index >= 15 is 0 Å². The maximum absolute atomic E-state index is 13.4. The molecule has 0 unspecified atom stereocenters. The van der Waals surface area contributed by atoms with Crippen molar-refractivity contribution in [3.8, 4) is 0 Å². The monoisotopic (exact) mass is 476 g/mol. The number of carbonyl (C=O) groups is 1. The van der Waals surface area contributed by atoms with E-state index in [2.05, 4.69) is 15.9 Å². The Morgan fingerprint density at radius 3 is 2.07 bits per heavy atom. The van der Waals surface area contributed by atoms with E-state index in [1.54, 1.807) is 72.8 Å². The Morgan fingerprint density at radius 1 is 0.929 bits per heavy atom. The molecule has 0 saturated heterocycles. The van der Waals surface area contributed by atoms with Gasteiger partial charge in [0.1, 0.15) is 0 Å². The minimum absolute atomic E-state index is 0.153. The molecule has 0 aliphatic rings. The van der Waals surface area contributed by atoms with Crippen LogP contribution in [0.4, 0.5) is 0 Å². The lowest BCUT2D eigenvalue weighted by atomic mass is 10.0. The quantitative estimate of drug-likeness (QED) is 0.397. The largest absolute Gasteiger partial charge is 0.294 e. The Bertz CT molecular complexity index is 1070. The van der Waals surface area contributed by atoms with Crippen molar-refractivity contribution in [3.63, 3.8) is 0 Å². The van der Waals surface area contributed by atoms with Crippen molar-refractivity contribution in [1.82, 2.24) is 0 Å². The molecule has 0 fully saturated rings. The SMILES string of the molecule is Cc1ccc(S(=O)(=O)[C@@H](CC(=O)c2ccc(Cl)cc2)c2ccc(Br)cc2)cc1. The van der Waals surface area contributed by atoms with Crippen LogP contribution in [-0.2, 0) is 9.84 Å². The van der Waals surface area contributed by atoms with Crippen LogP contribution in [0.2, 0.25) is 5.02 Å². The molecular formula is C22H18BrClO3S. The molecule has 6 heteroatoms. The van der Waals surface area contributed by atoms with E-state index in [1.165, 1.54) is 0 Å². The summed E-state index contributed by atoms with van der Waals surface area (Å²) in [4.78, 5) is 13.0. The molecule has 0 spiro atoms. The van der Waals surface area contributed by atoms with Gasteiger partial charge in [0, 0.05) is 21.5 Å². The highest BCUT2D eigenvalue weighted by Gasteiger charge is 2.31. The second-order valence-corrected chi connectivity index (χ2v) is 10.0. The highest BCUT2D eigenvalue weighted by atomic mass is 79.9. The summed E-state index contributed by atoms with van der Waals surface area (Å²) in [5.41, 5.74) is 1.98. The number of rotatable bonds is 6. The van der Waals surface area contributed by atoms with Gasteiger partial charge in [0.05, 0.1) is 10.1 Å². The Hall–Kier alpha value is -1.95. The summed E-state index contributed by atoms with van der Waals surface area (Å²) in [6, 6.07) is 20.2. The molecule has 0 saturated carbocycles. The average molecular weight is 478 g/mol. The number of benzene rings is 3. The zero-order chi connectivity index (χ0) is 20.3. The van der Waals surface area contributed by atoms with Crippen LogP contribution in [-0.4, -0.2) is 14.2 Å². The molecule has 0 aliphatic heterocycles. The molecule has 3 nitrogen and oxygen atoms in total. The molecule has 0 heterocycles. The van der Waals surface area contributed by atoms with E-state index in [9.17, 15) is 13.2 Å². The number of ketones is 1. The van der Waals surface area contributed by atoms with E-state index in [0.717, 1.165) is 10.0 Å². The minimum atomic E-state index is -3.76. The third-order valence-corrected chi connectivity index (χ3v) is 7.40. The lowest BCUT2D eigenvalue weighted by Gasteiger charge is -2.18. The van der Waals surface area contributed by atoms with Crippen molar-refractivity contribution >= 4 is 43.2 Å². The molecule has 3 aromatic rings. The topological polar surface area (TPSA) is 51.2 Å². The zero-order valence-electron chi connectivity index (χ0n) is 15.1. The summed E-state index contributed by atoms with van der Waals surface area (Å²) in [6.45, 7) is 1.90. The maximum atomic E-state index is 13.4. The van der Waals surface area contributed by atoms with Crippen LogP contribution in [0.1, 0.15) is 33.2 Å². The van der Waals surface area contributed by atoms with Gasteiger partial charge in [0.2, 0.25) is 0 Å². The first kappa shape index (κ1) is 20.8. The fourth-order valence-electron chi connectivity index (χ4n) is 2.90. The first-order valence-corrected chi connectivity index (χ1v) is 11.3. The first-order valence-electron chi connectivity index (χ1n) is 8.62. The zero-order valence-corrected chi connectivity index (χ0v) is 18.3. The molecule has 28 heavy (non-hydrogen) atoms. The van der Waals surface area contributed by atoms with Gasteiger partial charge in [-0.1, -0.05) is 57.4 Å². The summed E-state index contributed by atoms with van der Waals surface area (Å²) in [5, 5.41) is -0.459. The van der Waals surface area contributed by atoms with Gasteiger partial charge in [-0.2, -0.15) is 0 Å². The molecule has 0 bridgehead atoms. The van der Waals surface area contributed by atoms with Crippen molar-refractivity contribution in [2.75, 3.05) is 0 Å². The molecule has 1 atom stereocenters. The van der Waals surface area contributed by atoms with E-state index < -0.39 is 15.1 Å². The van der Waals surface area contributed by atoms with Gasteiger partial charge in [-0.05, 0) is 61.0 Å². The van der Waals surface area contributed by atoms with Gasteiger partial charge in [-0.25, -0.2) is 8.42 Å². The van der Waals surface area contributed by atoms with Crippen molar-refractivity contribution in [2.45, 2.75) is 23.5 Å². The molecule has 3 aromatic carbocycles. The van der Waals surface area contributed by atoms with E-state index in [1.807, 2.05) is 6.92 Å². The van der Waals surface area contributed by atoms with Gasteiger partial charge < -0.3 is 0 Å². The van der Waals surface area contributed by atoms with E-state index in [-0.39, 0.29) is 17.1 Å². The third-order valence-electron chi connectivity index (χ3n) is 4.50. The van der Waals surface area contributed by atoms with E-state index in [0.29, 0.717) is 16.1 Å². The van der Waals surface area contributed by atoms with Crippen LogP contribution in [0, 0.1) is 6.92 Å². The minimum Gasteiger partial charge on any atom is -0.294 e.